The van der Waals surface area contributed by atoms with Gasteiger partial charge in [0.1, 0.15) is 0 Å². The molecule has 0 spiro atoms. The van der Waals surface area contributed by atoms with E-state index in [1.54, 1.807) is 17.1 Å². The van der Waals surface area contributed by atoms with Gasteiger partial charge in [-0.3, -0.25) is 9.48 Å². The van der Waals surface area contributed by atoms with Crippen LogP contribution in [0, 0.1) is 5.92 Å². The van der Waals surface area contributed by atoms with Crippen molar-refractivity contribution in [3.8, 4) is 0 Å². The van der Waals surface area contributed by atoms with Gasteiger partial charge in [0.15, 0.2) is 0 Å². The highest BCUT2D eigenvalue weighted by Gasteiger charge is 2.25. The molecule has 1 aromatic rings. The van der Waals surface area contributed by atoms with Crippen LogP contribution in [0.3, 0.4) is 0 Å². The molecule has 16 heavy (non-hydrogen) atoms. The summed E-state index contributed by atoms with van der Waals surface area (Å²) in [6, 6.07) is 0. The van der Waals surface area contributed by atoms with Crippen LogP contribution < -0.4 is 0 Å². The van der Waals surface area contributed by atoms with E-state index < -0.39 is 0 Å². The standard InChI is InChI=1S/C10H16N4O2/c15-8-9-1-4-13(7-9)10(16)2-5-14-6-3-11-12-14/h3,6,9,15H,1-2,4-5,7-8H2. The fourth-order valence-corrected chi connectivity index (χ4v) is 1.93. The molecule has 1 N–H and O–H groups in total. The normalized spacial score (nSPS) is 20.3. The number of aromatic nitrogens is 3. The van der Waals surface area contributed by atoms with Gasteiger partial charge in [-0.1, -0.05) is 5.21 Å². The molecule has 1 atom stereocenters. The molecule has 0 bridgehead atoms. The maximum Gasteiger partial charge on any atom is 0.224 e. The van der Waals surface area contributed by atoms with Crippen LogP contribution in [-0.4, -0.2) is 50.6 Å². The van der Waals surface area contributed by atoms with Gasteiger partial charge < -0.3 is 10.0 Å². The van der Waals surface area contributed by atoms with Crippen molar-refractivity contribution in [1.82, 2.24) is 19.9 Å². The van der Waals surface area contributed by atoms with Gasteiger partial charge >= 0.3 is 0 Å². The summed E-state index contributed by atoms with van der Waals surface area (Å²) in [6.07, 6.45) is 4.70. The van der Waals surface area contributed by atoms with E-state index in [0.29, 0.717) is 19.5 Å². The second-order valence-electron chi connectivity index (χ2n) is 4.09. The lowest BCUT2D eigenvalue weighted by Gasteiger charge is -2.15. The molecule has 88 valence electrons. The number of hydrogen-bond acceptors (Lipinski definition) is 4. The zero-order chi connectivity index (χ0) is 11.4. The van der Waals surface area contributed by atoms with Crippen LogP contribution in [0.15, 0.2) is 12.4 Å². The SMILES string of the molecule is O=C(CCn1ccnn1)N1CCC(CO)C1. The molecule has 2 heterocycles. The van der Waals surface area contributed by atoms with Crippen LogP contribution in [0.4, 0.5) is 0 Å². The van der Waals surface area contributed by atoms with Gasteiger partial charge in [0.2, 0.25) is 5.91 Å². The van der Waals surface area contributed by atoms with Crippen molar-refractivity contribution in [3.63, 3.8) is 0 Å². The van der Waals surface area contributed by atoms with E-state index in [9.17, 15) is 4.79 Å². The van der Waals surface area contributed by atoms with E-state index in [1.807, 2.05) is 4.90 Å². The minimum atomic E-state index is 0.131. The first kappa shape index (κ1) is 11.1. The average molecular weight is 224 g/mol. The van der Waals surface area contributed by atoms with Gasteiger partial charge in [-0.05, 0) is 6.42 Å². The summed E-state index contributed by atoms with van der Waals surface area (Å²) < 4.78 is 1.65. The van der Waals surface area contributed by atoms with Crippen molar-refractivity contribution in [2.24, 2.45) is 5.92 Å². The zero-order valence-electron chi connectivity index (χ0n) is 9.12. The van der Waals surface area contributed by atoms with Crippen molar-refractivity contribution in [2.75, 3.05) is 19.7 Å². The Hall–Kier alpha value is -1.43. The predicted octanol–water partition coefficient (Wildman–Crippen LogP) is -0.491. The first-order valence-electron chi connectivity index (χ1n) is 5.52. The Bertz CT molecular complexity index is 339. The maximum atomic E-state index is 11.8. The lowest BCUT2D eigenvalue weighted by atomic mass is 10.1. The number of hydrogen-bond donors (Lipinski definition) is 1. The largest absolute Gasteiger partial charge is 0.396 e. The summed E-state index contributed by atoms with van der Waals surface area (Å²) in [5.74, 6) is 0.391. The van der Waals surface area contributed by atoms with Gasteiger partial charge in [0.25, 0.3) is 0 Å². The first-order chi connectivity index (χ1) is 7.79. The fourth-order valence-electron chi connectivity index (χ4n) is 1.93. The van der Waals surface area contributed by atoms with E-state index in [2.05, 4.69) is 10.3 Å². The highest BCUT2D eigenvalue weighted by molar-refractivity contribution is 5.76. The third kappa shape index (κ3) is 2.57. The third-order valence-corrected chi connectivity index (χ3v) is 2.92. The predicted molar refractivity (Wildman–Crippen MR) is 56.4 cm³/mol. The molecule has 1 fully saturated rings. The lowest BCUT2D eigenvalue weighted by Crippen LogP contribution is -2.29. The summed E-state index contributed by atoms with van der Waals surface area (Å²) in [4.78, 5) is 13.6. The number of amides is 1. The van der Waals surface area contributed by atoms with Gasteiger partial charge in [-0.15, -0.1) is 5.10 Å². The highest BCUT2D eigenvalue weighted by Crippen LogP contribution is 2.16. The number of rotatable bonds is 4. The Morgan fingerprint density at radius 2 is 2.44 bits per heavy atom. The zero-order valence-corrected chi connectivity index (χ0v) is 9.12. The maximum absolute atomic E-state index is 11.8. The minimum absolute atomic E-state index is 0.131. The molecule has 1 aromatic heterocycles. The van der Waals surface area contributed by atoms with Crippen molar-refractivity contribution in [1.29, 1.82) is 0 Å². The van der Waals surface area contributed by atoms with Crippen LogP contribution in [0.1, 0.15) is 12.8 Å². The van der Waals surface area contributed by atoms with Crippen LogP contribution in [0.25, 0.3) is 0 Å². The molecule has 1 aliphatic heterocycles. The quantitative estimate of drug-likeness (QED) is 0.749. The summed E-state index contributed by atoms with van der Waals surface area (Å²) >= 11 is 0. The van der Waals surface area contributed by atoms with Gasteiger partial charge in [0.05, 0.1) is 12.7 Å². The molecule has 0 radical (unpaired) electrons. The van der Waals surface area contributed by atoms with Crippen molar-refractivity contribution in [2.45, 2.75) is 19.4 Å². The van der Waals surface area contributed by atoms with Crippen LogP contribution in [0.5, 0.6) is 0 Å². The van der Waals surface area contributed by atoms with E-state index in [1.165, 1.54) is 0 Å². The molecule has 0 aliphatic carbocycles. The number of carbonyl (C=O) groups is 1. The number of likely N-dealkylation sites (tertiary alicyclic amines) is 1. The second-order valence-corrected chi connectivity index (χ2v) is 4.09. The second kappa shape index (κ2) is 5.07. The van der Waals surface area contributed by atoms with Crippen molar-refractivity contribution < 1.29 is 9.90 Å². The Morgan fingerprint density at radius 3 is 3.06 bits per heavy atom. The monoisotopic (exact) mass is 224 g/mol. The van der Waals surface area contributed by atoms with Gasteiger partial charge in [0, 0.05) is 38.2 Å². The molecule has 1 amide bonds. The molecule has 1 saturated heterocycles. The Balaban J connectivity index is 1.76. The number of nitrogens with zero attached hydrogens (tertiary/aromatic N) is 4. The molecule has 1 aliphatic rings. The van der Waals surface area contributed by atoms with Gasteiger partial charge in [-0.2, -0.15) is 0 Å². The van der Waals surface area contributed by atoms with E-state index in [4.69, 9.17) is 5.11 Å². The molecule has 2 rings (SSSR count). The minimum Gasteiger partial charge on any atom is -0.396 e. The van der Waals surface area contributed by atoms with E-state index in [0.717, 1.165) is 13.0 Å². The number of aliphatic hydroxyl groups excluding tert-OH is 1. The smallest absolute Gasteiger partial charge is 0.224 e. The fraction of sp³-hybridized carbons (Fsp3) is 0.700. The Morgan fingerprint density at radius 1 is 1.56 bits per heavy atom. The molecule has 6 nitrogen and oxygen atoms in total. The Kier molecular flexibility index (Phi) is 3.51. The molecular weight excluding hydrogens is 208 g/mol. The molecular formula is C10H16N4O2. The topological polar surface area (TPSA) is 71.2 Å². The van der Waals surface area contributed by atoms with E-state index in [-0.39, 0.29) is 18.4 Å². The summed E-state index contributed by atoms with van der Waals surface area (Å²) in [5.41, 5.74) is 0. The van der Waals surface area contributed by atoms with Crippen molar-refractivity contribution in [3.05, 3.63) is 12.4 Å². The van der Waals surface area contributed by atoms with Gasteiger partial charge in [-0.25, -0.2) is 0 Å². The van der Waals surface area contributed by atoms with Crippen LogP contribution in [-0.2, 0) is 11.3 Å². The first-order valence-corrected chi connectivity index (χ1v) is 5.52. The lowest BCUT2D eigenvalue weighted by molar-refractivity contribution is -0.130. The average Bonchev–Trinajstić information content (AvgIpc) is 2.96. The molecule has 0 aromatic carbocycles. The molecule has 6 heteroatoms. The number of aryl methyl sites for hydroxylation is 1. The number of aliphatic hydroxyl groups is 1. The van der Waals surface area contributed by atoms with Crippen LogP contribution >= 0.6 is 0 Å². The van der Waals surface area contributed by atoms with E-state index >= 15 is 0 Å². The highest BCUT2D eigenvalue weighted by atomic mass is 16.3. The summed E-state index contributed by atoms with van der Waals surface area (Å²) in [6.45, 7) is 2.19. The molecule has 1 unspecified atom stereocenters. The summed E-state index contributed by atoms with van der Waals surface area (Å²) in [5, 5.41) is 16.5. The summed E-state index contributed by atoms with van der Waals surface area (Å²) in [7, 11) is 0. The number of carbonyl (C=O) groups excluding carboxylic acids is 1. The van der Waals surface area contributed by atoms with Crippen molar-refractivity contribution >= 4 is 5.91 Å². The molecule has 0 saturated carbocycles. The third-order valence-electron chi connectivity index (χ3n) is 2.92. The van der Waals surface area contributed by atoms with Crippen LogP contribution in [0.2, 0.25) is 0 Å². The Labute approximate surface area is 93.9 Å².